The van der Waals surface area contributed by atoms with E-state index in [0.29, 0.717) is 24.1 Å². The molecule has 37 heavy (non-hydrogen) atoms. The number of nitrogens with zero attached hydrogens (tertiary/aromatic N) is 3. The molecule has 1 saturated carbocycles. The number of amides is 1. The molecule has 0 unspecified atom stereocenters. The molecule has 198 valence electrons. The van der Waals surface area contributed by atoms with Crippen LogP contribution in [0, 0.1) is 18.7 Å². The van der Waals surface area contributed by atoms with Crippen molar-refractivity contribution in [3.63, 3.8) is 0 Å². The Morgan fingerprint density at radius 1 is 1.22 bits per heavy atom. The van der Waals surface area contributed by atoms with Gasteiger partial charge in [0.1, 0.15) is 23.1 Å². The average molecular weight is 518 g/mol. The molecule has 8 nitrogen and oxygen atoms in total. The van der Waals surface area contributed by atoms with E-state index in [2.05, 4.69) is 20.3 Å². The zero-order chi connectivity index (χ0) is 27.1. The van der Waals surface area contributed by atoms with Crippen LogP contribution in [0.2, 0.25) is 0 Å². The van der Waals surface area contributed by atoms with E-state index in [1.54, 1.807) is 27.9 Å². The molecule has 0 radical (unpaired) electrons. The monoisotopic (exact) mass is 517 g/mol. The van der Waals surface area contributed by atoms with Gasteiger partial charge < -0.3 is 20.3 Å². The Morgan fingerprint density at radius 2 is 1.86 bits per heavy atom. The summed E-state index contributed by atoms with van der Waals surface area (Å²) in [4.78, 5) is 38.2. The van der Waals surface area contributed by atoms with Crippen LogP contribution in [0.15, 0.2) is 29.1 Å². The van der Waals surface area contributed by atoms with E-state index in [-0.39, 0.29) is 47.3 Å². The highest BCUT2D eigenvalue weighted by Gasteiger charge is 2.39. The molecular formula is C26H30F3N5O3. The van der Waals surface area contributed by atoms with E-state index in [9.17, 15) is 27.9 Å². The molecule has 1 fully saturated rings. The summed E-state index contributed by atoms with van der Waals surface area (Å²) in [5.41, 5.74) is -2.25. The number of carbonyl (C=O) groups is 1. The van der Waals surface area contributed by atoms with Crippen LogP contribution < -0.4 is 10.9 Å². The van der Waals surface area contributed by atoms with Crippen molar-refractivity contribution in [2.75, 3.05) is 19.4 Å². The summed E-state index contributed by atoms with van der Waals surface area (Å²) in [7, 11) is 3.37. The Bertz CT molecular complexity index is 1380. The molecule has 1 aromatic carbocycles. The van der Waals surface area contributed by atoms with Gasteiger partial charge in [-0.25, -0.2) is 23.1 Å². The minimum atomic E-state index is -2.95. The van der Waals surface area contributed by atoms with E-state index in [1.165, 1.54) is 23.1 Å². The van der Waals surface area contributed by atoms with Crippen LogP contribution in [0.25, 0.3) is 11.0 Å². The maximum Gasteiger partial charge on any atom is 0.266 e. The number of aromatic nitrogens is 3. The normalized spacial score (nSPS) is 20.7. The Hall–Kier alpha value is -3.47. The second kappa shape index (κ2) is 10.1. The number of rotatable bonds is 6. The first-order valence-corrected chi connectivity index (χ1v) is 12.1. The lowest BCUT2D eigenvalue weighted by molar-refractivity contribution is -0.136. The highest BCUT2D eigenvalue weighted by molar-refractivity contribution is 5.87. The fourth-order valence-electron chi connectivity index (χ4n) is 4.98. The summed E-state index contributed by atoms with van der Waals surface area (Å²) in [5, 5.41) is 14.9. The topological polar surface area (TPSA) is 111 Å². The second-order valence-corrected chi connectivity index (χ2v) is 9.85. The van der Waals surface area contributed by atoms with E-state index in [4.69, 9.17) is 0 Å². The summed E-state index contributed by atoms with van der Waals surface area (Å²) in [6.07, 6.45) is -1.65. The lowest BCUT2D eigenvalue weighted by atomic mass is 9.75. The number of nitrogens with one attached hydrogen (secondary N) is 2. The van der Waals surface area contributed by atoms with Crippen LogP contribution in [0.4, 0.5) is 19.0 Å². The Morgan fingerprint density at radius 3 is 2.49 bits per heavy atom. The van der Waals surface area contributed by atoms with Gasteiger partial charge in [0.15, 0.2) is 0 Å². The van der Waals surface area contributed by atoms with Gasteiger partial charge in [0.2, 0.25) is 5.91 Å². The number of hydrogen-bond acceptors (Lipinski definition) is 6. The molecule has 4 rings (SSSR count). The van der Waals surface area contributed by atoms with Crippen LogP contribution in [-0.4, -0.2) is 45.0 Å². The predicted octanol–water partition coefficient (Wildman–Crippen LogP) is 4.34. The largest absolute Gasteiger partial charge is 0.385 e. The number of aryl methyl sites for hydroxylation is 1. The third-order valence-electron chi connectivity index (χ3n) is 7.04. The van der Waals surface area contributed by atoms with Crippen molar-refractivity contribution in [2.45, 2.75) is 57.6 Å². The first-order chi connectivity index (χ1) is 17.4. The van der Waals surface area contributed by atoms with Crippen molar-refractivity contribution in [1.29, 1.82) is 0 Å². The molecule has 0 aliphatic heterocycles. The molecule has 2 heterocycles. The van der Waals surface area contributed by atoms with Gasteiger partial charge in [0.25, 0.3) is 12.0 Å². The molecule has 0 spiro atoms. The number of hydrogen-bond donors (Lipinski definition) is 3. The molecule has 3 aromatic rings. The number of H-pyrrole nitrogens is 1. The zero-order valence-corrected chi connectivity index (χ0v) is 21.1. The lowest BCUT2D eigenvalue weighted by Gasteiger charge is -2.36. The number of halogens is 3. The standard InChI is InChI=1S/C26H30F3N5O3/c1-13(16-6-5-7-17(20(16)27)21(28)29)30-22-18-12-19(24(35)33-23(18)32-14(2)31-22)26(37)10-8-15(9-11-26)25(36)34(3)4/h5-7,12-13,15,21,37H,8-11H2,1-4H3,(H2,30,31,32,33,35)/t13-,15?,26?/m0/s1. The van der Waals surface area contributed by atoms with Gasteiger partial charge >= 0.3 is 0 Å². The van der Waals surface area contributed by atoms with Crippen molar-refractivity contribution < 1.29 is 23.1 Å². The Kier molecular flexibility index (Phi) is 7.27. The second-order valence-electron chi connectivity index (χ2n) is 9.85. The molecule has 11 heteroatoms. The van der Waals surface area contributed by atoms with Crippen LogP contribution in [0.1, 0.15) is 67.6 Å². The molecular weight excluding hydrogens is 487 g/mol. The first kappa shape index (κ1) is 26.6. The van der Waals surface area contributed by atoms with Crippen molar-refractivity contribution >= 4 is 22.8 Å². The van der Waals surface area contributed by atoms with Gasteiger partial charge in [0.05, 0.1) is 22.6 Å². The summed E-state index contributed by atoms with van der Waals surface area (Å²) in [6, 6.07) is 4.59. The van der Waals surface area contributed by atoms with Crippen molar-refractivity contribution in [3.8, 4) is 0 Å². The number of carbonyl (C=O) groups excluding carboxylic acids is 1. The summed E-state index contributed by atoms with van der Waals surface area (Å²) < 4.78 is 41.2. The fourth-order valence-corrected chi connectivity index (χ4v) is 4.98. The minimum absolute atomic E-state index is 0.0121. The number of aliphatic hydroxyl groups is 1. The maximum absolute atomic E-state index is 14.8. The van der Waals surface area contributed by atoms with Gasteiger partial charge in [-0.1, -0.05) is 18.2 Å². The first-order valence-electron chi connectivity index (χ1n) is 12.1. The van der Waals surface area contributed by atoms with Crippen LogP contribution >= 0.6 is 0 Å². The van der Waals surface area contributed by atoms with Crippen LogP contribution in [0.5, 0.6) is 0 Å². The minimum Gasteiger partial charge on any atom is -0.385 e. The summed E-state index contributed by atoms with van der Waals surface area (Å²) in [6.45, 7) is 3.23. The Balaban J connectivity index is 1.70. The molecule has 0 bridgehead atoms. The third-order valence-corrected chi connectivity index (χ3v) is 7.04. The molecule has 1 aliphatic carbocycles. The van der Waals surface area contributed by atoms with Gasteiger partial charge in [-0.2, -0.15) is 0 Å². The highest BCUT2D eigenvalue weighted by atomic mass is 19.3. The summed E-state index contributed by atoms with van der Waals surface area (Å²) >= 11 is 0. The summed E-state index contributed by atoms with van der Waals surface area (Å²) in [5.74, 6) is -0.650. The van der Waals surface area contributed by atoms with E-state index < -0.39 is 35.0 Å². The zero-order valence-electron chi connectivity index (χ0n) is 21.1. The van der Waals surface area contributed by atoms with Crippen molar-refractivity contribution in [3.05, 3.63) is 63.0 Å². The smallest absolute Gasteiger partial charge is 0.266 e. The number of aromatic amines is 1. The molecule has 2 aromatic heterocycles. The fraction of sp³-hybridized carbons (Fsp3) is 0.462. The van der Waals surface area contributed by atoms with Gasteiger partial charge in [-0.3, -0.25) is 9.59 Å². The molecule has 0 saturated heterocycles. The van der Waals surface area contributed by atoms with Crippen molar-refractivity contribution in [1.82, 2.24) is 19.9 Å². The number of pyridine rings is 1. The number of benzene rings is 1. The molecule has 3 N–H and O–H groups in total. The van der Waals surface area contributed by atoms with Gasteiger partial charge in [0, 0.05) is 31.1 Å². The molecule has 1 atom stereocenters. The molecule has 1 amide bonds. The third kappa shape index (κ3) is 5.18. The quantitative estimate of drug-likeness (QED) is 0.449. The SMILES string of the molecule is Cc1nc(N[C@@H](C)c2cccc(C(F)F)c2F)c2cc(C3(O)CCC(C(=O)N(C)C)CC3)c(=O)[nH]c2n1. The molecule has 1 aliphatic rings. The maximum atomic E-state index is 14.8. The average Bonchev–Trinajstić information content (AvgIpc) is 2.83. The van der Waals surface area contributed by atoms with E-state index in [1.807, 2.05) is 0 Å². The van der Waals surface area contributed by atoms with E-state index in [0.717, 1.165) is 6.07 Å². The van der Waals surface area contributed by atoms with Gasteiger partial charge in [-0.15, -0.1) is 0 Å². The highest BCUT2D eigenvalue weighted by Crippen LogP contribution is 2.40. The number of anilines is 1. The number of fused-ring (bicyclic) bond motifs is 1. The van der Waals surface area contributed by atoms with Crippen LogP contribution in [-0.2, 0) is 10.4 Å². The predicted molar refractivity (Wildman–Crippen MR) is 133 cm³/mol. The van der Waals surface area contributed by atoms with E-state index >= 15 is 0 Å². The van der Waals surface area contributed by atoms with Gasteiger partial charge in [-0.05, 0) is 45.6 Å². The number of alkyl halides is 2. The lowest BCUT2D eigenvalue weighted by Crippen LogP contribution is -2.40. The Labute approximate surface area is 211 Å². The van der Waals surface area contributed by atoms with Crippen molar-refractivity contribution in [2.24, 2.45) is 5.92 Å². The van der Waals surface area contributed by atoms with Crippen LogP contribution in [0.3, 0.4) is 0 Å².